The van der Waals surface area contributed by atoms with E-state index in [4.69, 9.17) is 4.98 Å². The third-order valence-electron chi connectivity index (χ3n) is 5.42. The Balaban J connectivity index is 2.01. The lowest BCUT2D eigenvalue weighted by Crippen LogP contribution is -2.37. The summed E-state index contributed by atoms with van der Waals surface area (Å²) in [5.41, 5.74) is 1.19. The molecular weight excluding hydrogens is 372 g/mol. The molecule has 6 nitrogen and oxygen atoms in total. The highest BCUT2D eigenvalue weighted by Gasteiger charge is 2.35. The van der Waals surface area contributed by atoms with Gasteiger partial charge in [-0.25, -0.2) is 4.98 Å². The van der Waals surface area contributed by atoms with Gasteiger partial charge in [0.25, 0.3) is 0 Å². The number of ketones is 1. The standard InChI is InChI=1S/C21H30N4O2S/c1-21(2,3)14(20(27)22-4)12-16(26)18-15-13-24(5)9-7-10-25(15)19(23-18)17-8-6-11-28-17/h6,8,11,14H,7,9-10,12-13H2,1-5H3,(H,22,27)/t14-/m1/s1. The number of hydrogen-bond acceptors (Lipinski definition) is 5. The largest absolute Gasteiger partial charge is 0.359 e. The normalized spacial score (nSPS) is 16.3. The molecule has 1 aliphatic heterocycles. The third-order valence-corrected chi connectivity index (χ3v) is 6.28. The van der Waals surface area contributed by atoms with Crippen molar-refractivity contribution in [2.24, 2.45) is 11.3 Å². The van der Waals surface area contributed by atoms with Gasteiger partial charge in [0.2, 0.25) is 5.91 Å². The van der Waals surface area contributed by atoms with Gasteiger partial charge in [-0.15, -0.1) is 11.3 Å². The molecule has 28 heavy (non-hydrogen) atoms. The van der Waals surface area contributed by atoms with Gasteiger partial charge in [-0.3, -0.25) is 9.59 Å². The van der Waals surface area contributed by atoms with Crippen LogP contribution in [0.25, 0.3) is 10.7 Å². The van der Waals surface area contributed by atoms with E-state index in [1.165, 1.54) is 0 Å². The monoisotopic (exact) mass is 402 g/mol. The van der Waals surface area contributed by atoms with E-state index in [0.717, 1.165) is 35.9 Å². The van der Waals surface area contributed by atoms with Crippen molar-refractivity contribution in [3.05, 3.63) is 28.9 Å². The van der Waals surface area contributed by atoms with E-state index in [1.807, 2.05) is 38.3 Å². The molecule has 3 rings (SSSR count). The molecule has 7 heteroatoms. The molecule has 0 aromatic carbocycles. The van der Waals surface area contributed by atoms with Crippen LogP contribution in [-0.2, 0) is 17.9 Å². The minimum Gasteiger partial charge on any atom is -0.359 e. The van der Waals surface area contributed by atoms with Crippen molar-refractivity contribution in [3.63, 3.8) is 0 Å². The molecule has 3 heterocycles. The Morgan fingerprint density at radius 2 is 2.07 bits per heavy atom. The van der Waals surface area contributed by atoms with Crippen molar-refractivity contribution in [3.8, 4) is 10.7 Å². The fourth-order valence-corrected chi connectivity index (χ4v) is 4.51. The zero-order valence-corrected chi connectivity index (χ0v) is 18.2. The molecule has 0 spiro atoms. The predicted molar refractivity (Wildman–Crippen MR) is 112 cm³/mol. The van der Waals surface area contributed by atoms with E-state index < -0.39 is 5.92 Å². The Hall–Kier alpha value is -1.99. The quantitative estimate of drug-likeness (QED) is 0.778. The number of hydrogen-bond donors (Lipinski definition) is 1. The summed E-state index contributed by atoms with van der Waals surface area (Å²) in [4.78, 5) is 33.8. The fraction of sp³-hybridized carbons (Fsp3) is 0.571. The van der Waals surface area contributed by atoms with Crippen LogP contribution in [0.5, 0.6) is 0 Å². The van der Waals surface area contributed by atoms with Crippen LogP contribution in [0.3, 0.4) is 0 Å². The molecule has 0 saturated carbocycles. The van der Waals surface area contributed by atoms with Gasteiger partial charge in [0.15, 0.2) is 11.6 Å². The highest BCUT2D eigenvalue weighted by Crippen LogP contribution is 2.33. The molecule has 2 aromatic rings. The topological polar surface area (TPSA) is 67.2 Å². The SMILES string of the molecule is CNC(=O)[C@@H](CC(=O)c1nc(-c2cccs2)n2c1CN(C)CCC2)C(C)(C)C. The van der Waals surface area contributed by atoms with Crippen LogP contribution in [0, 0.1) is 11.3 Å². The van der Waals surface area contributed by atoms with Crippen molar-refractivity contribution >= 4 is 23.0 Å². The maximum Gasteiger partial charge on any atom is 0.223 e. The summed E-state index contributed by atoms with van der Waals surface area (Å²) >= 11 is 1.64. The summed E-state index contributed by atoms with van der Waals surface area (Å²) in [6.45, 7) is 8.53. The lowest BCUT2D eigenvalue weighted by Gasteiger charge is -2.28. The van der Waals surface area contributed by atoms with Gasteiger partial charge >= 0.3 is 0 Å². The third kappa shape index (κ3) is 4.20. The minimum atomic E-state index is -0.393. The molecule has 1 N–H and O–H groups in total. The molecule has 0 unspecified atom stereocenters. The summed E-state index contributed by atoms with van der Waals surface area (Å²) in [5.74, 6) is 0.332. The minimum absolute atomic E-state index is 0.0506. The Bertz CT molecular complexity index is 849. The van der Waals surface area contributed by atoms with Crippen molar-refractivity contribution in [1.82, 2.24) is 19.8 Å². The van der Waals surface area contributed by atoms with Gasteiger partial charge in [0.05, 0.1) is 16.5 Å². The van der Waals surface area contributed by atoms with Crippen LogP contribution in [0.4, 0.5) is 0 Å². The van der Waals surface area contributed by atoms with E-state index in [0.29, 0.717) is 12.2 Å². The average Bonchev–Trinajstić information content (AvgIpc) is 3.22. The van der Waals surface area contributed by atoms with E-state index in [2.05, 4.69) is 21.8 Å². The molecular formula is C21H30N4O2S. The maximum atomic E-state index is 13.3. The van der Waals surface area contributed by atoms with E-state index in [9.17, 15) is 9.59 Å². The number of carbonyl (C=O) groups is 2. The number of nitrogens with one attached hydrogen (secondary N) is 1. The number of fused-ring (bicyclic) bond motifs is 1. The smallest absolute Gasteiger partial charge is 0.223 e. The molecule has 0 fully saturated rings. The van der Waals surface area contributed by atoms with Crippen molar-refractivity contribution in [1.29, 1.82) is 0 Å². The number of carbonyl (C=O) groups excluding carboxylic acids is 2. The number of thiophene rings is 1. The summed E-state index contributed by atoms with van der Waals surface area (Å²) in [5, 5.41) is 4.74. The van der Waals surface area contributed by atoms with Crippen molar-refractivity contribution in [2.75, 3.05) is 20.6 Å². The zero-order chi connectivity index (χ0) is 20.5. The summed E-state index contributed by atoms with van der Waals surface area (Å²) in [6, 6.07) is 4.05. The number of imidazole rings is 1. The Morgan fingerprint density at radius 3 is 2.68 bits per heavy atom. The highest BCUT2D eigenvalue weighted by molar-refractivity contribution is 7.13. The van der Waals surface area contributed by atoms with Crippen LogP contribution in [0.2, 0.25) is 0 Å². The van der Waals surface area contributed by atoms with Gasteiger partial charge < -0.3 is 14.8 Å². The number of amides is 1. The molecule has 0 bridgehead atoms. The lowest BCUT2D eigenvalue weighted by atomic mass is 9.77. The number of Topliss-reactive ketones (excluding diaryl/α,β-unsaturated/α-hetero) is 1. The first kappa shape index (κ1) is 20.7. The summed E-state index contributed by atoms with van der Waals surface area (Å²) in [7, 11) is 3.70. The van der Waals surface area contributed by atoms with Gasteiger partial charge in [0.1, 0.15) is 5.69 Å². The first-order valence-electron chi connectivity index (χ1n) is 9.79. The van der Waals surface area contributed by atoms with Crippen LogP contribution < -0.4 is 5.32 Å². The molecule has 0 saturated heterocycles. The second-order valence-corrected chi connectivity index (χ2v) is 9.56. The first-order chi connectivity index (χ1) is 13.2. The van der Waals surface area contributed by atoms with Gasteiger partial charge in [-0.2, -0.15) is 0 Å². The van der Waals surface area contributed by atoms with Gasteiger partial charge in [0, 0.05) is 26.6 Å². The van der Waals surface area contributed by atoms with E-state index in [-0.39, 0.29) is 23.5 Å². The van der Waals surface area contributed by atoms with Crippen LogP contribution >= 0.6 is 11.3 Å². The fourth-order valence-electron chi connectivity index (χ4n) is 3.79. The van der Waals surface area contributed by atoms with Crippen LogP contribution in [0.15, 0.2) is 17.5 Å². The molecule has 1 atom stereocenters. The first-order valence-corrected chi connectivity index (χ1v) is 10.7. The highest BCUT2D eigenvalue weighted by atomic mass is 32.1. The predicted octanol–water partition coefficient (Wildman–Crippen LogP) is 3.43. The maximum absolute atomic E-state index is 13.3. The molecule has 2 aromatic heterocycles. The molecule has 1 amide bonds. The zero-order valence-electron chi connectivity index (χ0n) is 17.4. The number of aromatic nitrogens is 2. The van der Waals surface area contributed by atoms with Crippen molar-refractivity contribution < 1.29 is 9.59 Å². The van der Waals surface area contributed by atoms with E-state index in [1.54, 1.807) is 18.4 Å². The Morgan fingerprint density at radius 1 is 1.32 bits per heavy atom. The van der Waals surface area contributed by atoms with Crippen LogP contribution in [0.1, 0.15) is 49.8 Å². The second-order valence-electron chi connectivity index (χ2n) is 8.61. The summed E-state index contributed by atoms with van der Waals surface area (Å²) in [6.07, 6.45) is 1.19. The molecule has 0 aliphatic carbocycles. The van der Waals surface area contributed by atoms with E-state index >= 15 is 0 Å². The summed E-state index contributed by atoms with van der Waals surface area (Å²) < 4.78 is 2.20. The second kappa shape index (κ2) is 8.17. The Kier molecular flexibility index (Phi) is 6.05. The van der Waals surface area contributed by atoms with Gasteiger partial charge in [-0.05, 0) is 36.9 Å². The number of nitrogens with zero attached hydrogens (tertiary/aromatic N) is 3. The average molecular weight is 403 g/mol. The Labute approximate surface area is 171 Å². The lowest BCUT2D eigenvalue weighted by molar-refractivity contribution is -0.127. The molecule has 1 aliphatic rings. The number of rotatable bonds is 5. The molecule has 152 valence electrons. The van der Waals surface area contributed by atoms with Gasteiger partial charge in [-0.1, -0.05) is 26.8 Å². The molecule has 0 radical (unpaired) electrons. The van der Waals surface area contributed by atoms with Crippen LogP contribution in [-0.4, -0.2) is 46.8 Å². The van der Waals surface area contributed by atoms with Crippen molar-refractivity contribution in [2.45, 2.75) is 46.7 Å².